The highest BCUT2D eigenvalue weighted by molar-refractivity contribution is 6.83. The molecule has 0 bridgehead atoms. The Hall–Kier alpha value is -2.37. The maximum Gasteiger partial charge on any atom is 0.473 e. The second-order valence-corrected chi connectivity index (χ2v) is 21.1. The number of hydrogen-bond donors (Lipinski definition) is 0. The smallest absolute Gasteiger partial charge is 0.415 e. The van der Waals surface area contributed by atoms with Gasteiger partial charge in [-0.3, -0.25) is 0 Å². The zero-order chi connectivity index (χ0) is 27.3. The van der Waals surface area contributed by atoms with Gasteiger partial charge in [0.15, 0.2) is 27.1 Å². The lowest BCUT2D eigenvalue weighted by Crippen LogP contribution is -2.58. The molecule has 3 atom stereocenters. The van der Waals surface area contributed by atoms with Crippen LogP contribution < -0.4 is 0 Å². The van der Waals surface area contributed by atoms with Crippen molar-refractivity contribution in [3.05, 3.63) is 145 Å². The molecule has 0 radical (unpaired) electrons. The summed E-state index contributed by atoms with van der Waals surface area (Å²) in [5.74, 6) is 0. The minimum absolute atomic E-state index is 0.319. The average Bonchev–Trinajstić information content (AvgIpc) is 3.54. The second-order valence-electron chi connectivity index (χ2n) is 10.3. The zero-order valence-electron chi connectivity index (χ0n) is 23.0. The predicted molar refractivity (Wildman–Crippen MR) is 174 cm³/mol. The van der Waals surface area contributed by atoms with Gasteiger partial charge in [0.05, 0.1) is 0 Å². The highest BCUT2D eigenvalue weighted by atomic mass is 28.5. The minimum atomic E-state index is -3.10. The number of hydrogen-bond acceptors (Lipinski definition) is 3. The van der Waals surface area contributed by atoms with Gasteiger partial charge in [0.2, 0.25) is 0 Å². The van der Waals surface area contributed by atoms with Crippen molar-refractivity contribution in [1.29, 1.82) is 0 Å². The molecule has 3 aromatic carbocycles. The average molecular weight is 587 g/mol. The fourth-order valence-electron chi connectivity index (χ4n) is 5.34. The van der Waals surface area contributed by atoms with Gasteiger partial charge in [0.25, 0.3) is 0 Å². The fraction of sp³-hybridized carbons (Fsp3) is 0.250. The molecular formula is C32H42O3Si4. The van der Waals surface area contributed by atoms with E-state index < -0.39 is 35.9 Å². The van der Waals surface area contributed by atoms with Crippen LogP contribution in [0.4, 0.5) is 0 Å². The van der Waals surface area contributed by atoms with E-state index in [0.717, 1.165) is 31.0 Å². The maximum atomic E-state index is 7.30. The van der Waals surface area contributed by atoms with Crippen LogP contribution in [0.2, 0.25) is 5.54 Å². The summed E-state index contributed by atoms with van der Waals surface area (Å²) < 4.78 is 21.9. The van der Waals surface area contributed by atoms with Gasteiger partial charge in [-0.15, -0.1) is 19.7 Å². The summed E-state index contributed by atoms with van der Waals surface area (Å²) >= 11 is 0. The quantitative estimate of drug-likeness (QED) is 0.177. The van der Waals surface area contributed by atoms with Crippen molar-refractivity contribution in [3.8, 4) is 0 Å². The Morgan fingerprint density at radius 1 is 0.564 bits per heavy atom. The Labute approximate surface area is 241 Å². The summed E-state index contributed by atoms with van der Waals surface area (Å²) in [6.07, 6.45) is 4.60. The molecule has 1 fully saturated rings. The van der Waals surface area contributed by atoms with E-state index in [4.69, 9.17) is 12.3 Å². The third-order valence-corrected chi connectivity index (χ3v) is 20.8. The van der Waals surface area contributed by atoms with E-state index in [1.54, 1.807) is 0 Å². The van der Waals surface area contributed by atoms with E-state index in [-0.39, 0.29) is 0 Å². The standard InChI is InChI=1S/C32H42O3Si4/c1-4-36(26-29-18-10-7-11-19-29)33-39(32-24-16-17-25-32,34-37(5-2)27-30-20-12-8-13-21-30)35-38(6-3)28-31-22-14-9-15-23-31/h4-15,18-23,32,36-38H,1-3,16-17,24-28H2. The van der Waals surface area contributed by atoms with E-state index in [1.165, 1.54) is 29.5 Å². The van der Waals surface area contributed by atoms with E-state index >= 15 is 0 Å². The van der Waals surface area contributed by atoms with Crippen molar-refractivity contribution >= 4 is 35.9 Å². The fourth-order valence-corrected chi connectivity index (χ4v) is 20.9. The van der Waals surface area contributed by atoms with Crippen LogP contribution in [-0.2, 0) is 30.5 Å². The lowest BCUT2D eigenvalue weighted by atomic mass is 10.2. The van der Waals surface area contributed by atoms with Crippen molar-refractivity contribution in [3.63, 3.8) is 0 Å². The molecule has 204 valence electrons. The summed E-state index contributed by atoms with van der Waals surface area (Å²) in [6.45, 7) is 12.7. The highest BCUT2D eigenvalue weighted by Gasteiger charge is 2.53. The Kier molecular flexibility index (Phi) is 11.7. The minimum Gasteiger partial charge on any atom is -0.415 e. The molecule has 0 saturated heterocycles. The number of rotatable bonds is 16. The van der Waals surface area contributed by atoms with Crippen LogP contribution >= 0.6 is 0 Å². The third kappa shape index (κ3) is 8.81. The van der Waals surface area contributed by atoms with Gasteiger partial charge < -0.3 is 12.3 Å². The first-order valence-corrected chi connectivity index (χ1v) is 21.8. The molecule has 0 N–H and O–H groups in total. The number of benzene rings is 3. The van der Waals surface area contributed by atoms with Gasteiger partial charge in [-0.05, 0) is 47.7 Å². The molecule has 7 heteroatoms. The molecule has 39 heavy (non-hydrogen) atoms. The molecule has 3 unspecified atom stereocenters. The molecule has 1 aliphatic rings. The first-order valence-electron chi connectivity index (χ1n) is 14.2. The van der Waals surface area contributed by atoms with Crippen LogP contribution in [0, 0.1) is 0 Å². The molecular weight excluding hydrogens is 545 g/mol. The maximum absolute atomic E-state index is 7.30. The Morgan fingerprint density at radius 3 is 1.15 bits per heavy atom. The Balaban J connectivity index is 1.67. The summed E-state index contributed by atoms with van der Waals surface area (Å²) in [4.78, 5) is 0. The van der Waals surface area contributed by atoms with Crippen molar-refractivity contribution in [2.24, 2.45) is 0 Å². The lowest BCUT2D eigenvalue weighted by molar-refractivity contribution is 0.248. The molecule has 0 aliphatic heterocycles. The van der Waals surface area contributed by atoms with Crippen LogP contribution in [0.15, 0.2) is 128 Å². The normalized spacial score (nSPS) is 17.5. The van der Waals surface area contributed by atoms with Gasteiger partial charge in [-0.25, -0.2) is 0 Å². The van der Waals surface area contributed by atoms with Crippen molar-refractivity contribution < 1.29 is 12.3 Å². The summed E-state index contributed by atoms with van der Waals surface area (Å²) in [5.41, 5.74) is 10.4. The van der Waals surface area contributed by atoms with Crippen molar-refractivity contribution in [2.45, 2.75) is 49.4 Å². The van der Waals surface area contributed by atoms with Crippen molar-refractivity contribution in [1.82, 2.24) is 0 Å². The van der Waals surface area contributed by atoms with Gasteiger partial charge in [-0.1, -0.05) is 121 Å². The van der Waals surface area contributed by atoms with Gasteiger partial charge >= 0.3 is 8.80 Å². The van der Waals surface area contributed by atoms with E-state index in [2.05, 4.69) is 128 Å². The van der Waals surface area contributed by atoms with Crippen LogP contribution in [0.3, 0.4) is 0 Å². The Morgan fingerprint density at radius 2 is 0.872 bits per heavy atom. The van der Waals surface area contributed by atoms with Crippen LogP contribution in [0.1, 0.15) is 42.4 Å². The van der Waals surface area contributed by atoms with Crippen LogP contribution in [-0.4, -0.2) is 35.9 Å². The summed E-state index contributed by atoms with van der Waals surface area (Å²) in [7, 11) is -8.74. The molecule has 3 aromatic rings. The SMILES string of the molecule is C=C[SiH](Cc1ccccc1)O[Si](O[SiH](C=C)Cc1ccccc1)(O[SiH](C=C)Cc1ccccc1)C1CCCC1. The largest absolute Gasteiger partial charge is 0.473 e. The first kappa shape index (κ1) is 29.6. The lowest BCUT2D eigenvalue weighted by Gasteiger charge is -2.41. The van der Waals surface area contributed by atoms with E-state index in [1.807, 2.05) is 0 Å². The summed E-state index contributed by atoms with van der Waals surface area (Å²) in [5, 5.41) is 0. The molecule has 1 saturated carbocycles. The molecule has 1 aliphatic carbocycles. The van der Waals surface area contributed by atoms with Gasteiger partial charge in [0.1, 0.15) is 0 Å². The van der Waals surface area contributed by atoms with Crippen LogP contribution in [0.25, 0.3) is 0 Å². The van der Waals surface area contributed by atoms with E-state index in [9.17, 15) is 0 Å². The molecule has 0 amide bonds. The van der Waals surface area contributed by atoms with E-state index in [0.29, 0.717) is 5.54 Å². The van der Waals surface area contributed by atoms with Gasteiger partial charge in [0, 0.05) is 5.54 Å². The molecule has 0 heterocycles. The topological polar surface area (TPSA) is 27.7 Å². The predicted octanol–water partition coefficient (Wildman–Crippen LogP) is 6.61. The zero-order valence-corrected chi connectivity index (χ0v) is 27.5. The van der Waals surface area contributed by atoms with Crippen molar-refractivity contribution in [2.75, 3.05) is 0 Å². The Bertz CT molecular complexity index is 1020. The second kappa shape index (κ2) is 15.4. The summed E-state index contributed by atoms with van der Waals surface area (Å²) in [6, 6.07) is 34.5. The van der Waals surface area contributed by atoms with Crippen LogP contribution in [0.5, 0.6) is 0 Å². The highest BCUT2D eigenvalue weighted by Crippen LogP contribution is 2.42. The monoisotopic (exact) mass is 586 g/mol. The molecule has 0 spiro atoms. The van der Waals surface area contributed by atoms with Gasteiger partial charge in [-0.2, -0.15) is 0 Å². The molecule has 0 aromatic heterocycles. The molecule has 4 rings (SSSR count). The molecule has 3 nitrogen and oxygen atoms in total. The first-order chi connectivity index (χ1) is 19.1. The third-order valence-electron chi connectivity index (χ3n) is 7.43.